The van der Waals surface area contributed by atoms with Gasteiger partial charge in [0.2, 0.25) is 5.78 Å². The smallest absolute Gasteiger partial charge is 0.360 e. The van der Waals surface area contributed by atoms with Crippen molar-refractivity contribution in [1.82, 2.24) is 0 Å². The molecule has 0 fully saturated rings. The number of nitrogens with zero attached hydrogens (tertiary/aromatic N) is 2. The van der Waals surface area contributed by atoms with Gasteiger partial charge in [-0.2, -0.15) is 4.79 Å². The van der Waals surface area contributed by atoms with Gasteiger partial charge in [-0.05, 0) is 0 Å². The van der Waals surface area contributed by atoms with E-state index in [0.29, 0.717) is 5.56 Å². The van der Waals surface area contributed by atoms with Gasteiger partial charge in [-0.25, -0.2) is 0 Å². The van der Waals surface area contributed by atoms with E-state index in [9.17, 15) is 9.59 Å². The second-order valence-electron chi connectivity index (χ2n) is 2.92. The summed E-state index contributed by atoms with van der Waals surface area (Å²) in [4.78, 5) is 25.7. The maximum atomic E-state index is 11.7. The molecule has 0 radical (unpaired) electrons. The van der Waals surface area contributed by atoms with Gasteiger partial charge in [0.25, 0.3) is 5.78 Å². The predicted octanol–water partition coefficient (Wildman–Crippen LogP) is 1.52. The van der Waals surface area contributed by atoms with E-state index in [1.54, 1.807) is 37.3 Å². The highest BCUT2D eigenvalue weighted by molar-refractivity contribution is 6.67. The summed E-state index contributed by atoms with van der Waals surface area (Å²) in [5, 5.41) is 0. The first kappa shape index (κ1) is 11.0. The van der Waals surface area contributed by atoms with E-state index in [4.69, 9.17) is 5.53 Å². The molecule has 0 unspecified atom stereocenters. The summed E-state index contributed by atoms with van der Waals surface area (Å²) in [5.41, 5.74) is 8.53. The Balaban J connectivity index is 3.05. The second kappa shape index (κ2) is 4.98. The molecule has 1 rings (SSSR count). The standard InChI is InChI=1S/C11H10N2O2/c1-2-9(14)10(13-12)11(15)8-6-4-3-5-7-8/h3-7H,2H2,1H3. The van der Waals surface area contributed by atoms with Gasteiger partial charge in [0.15, 0.2) is 0 Å². The van der Waals surface area contributed by atoms with Gasteiger partial charge >= 0.3 is 5.71 Å². The fourth-order valence-corrected chi connectivity index (χ4v) is 1.12. The summed E-state index contributed by atoms with van der Waals surface area (Å²) in [6.45, 7) is 1.60. The van der Waals surface area contributed by atoms with Crippen molar-refractivity contribution in [1.29, 1.82) is 0 Å². The van der Waals surface area contributed by atoms with E-state index in [-0.39, 0.29) is 6.42 Å². The van der Waals surface area contributed by atoms with Crippen molar-refractivity contribution >= 4 is 17.3 Å². The molecule has 0 aliphatic carbocycles. The number of hydrogen-bond acceptors (Lipinski definition) is 2. The maximum absolute atomic E-state index is 11.7. The molecule has 0 aliphatic heterocycles. The van der Waals surface area contributed by atoms with Crippen LogP contribution in [0.15, 0.2) is 30.3 Å². The number of ketones is 2. The lowest BCUT2D eigenvalue weighted by Gasteiger charge is -1.94. The lowest BCUT2D eigenvalue weighted by atomic mass is 10.0. The van der Waals surface area contributed by atoms with E-state index in [1.807, 2.05) is 0 Å². The van der Waals surface area contributed by atoms with Gasteiger partial charge in [-0.1, -0.05) is 37.3 Å². The van der Waals surface area contributed by atoms with Crippen LogP contribution < -0.4 is 0 Å². The van der Waals surface area contributed by atoms with E-state index in [1.165, 1.54) is 0 Å². The van der Waals surface area contributed by atoms with Gasteiger partial charge in [-0.3, -0.25) is 9.59 Å². The molecule has 1 aromatic carbocycles. The van der Waals surface area contributed by atoms with Gasteiger partial charge in [0.05, 0.1) is 0 Å². The molecule has 0 aliphatic rings. The number of rotatable bonds is 4. The Hall–Kier alpha value is -2.06. The molecule has 0 saturated heterocycles. The number of benzene rings is 1. The third-order valence-electron chi connectivity index (χ3n) is 1.94. The summed E-state index contributed by atoms with van der Waals surface area (Å²) < 4.78 is 0. The van der Waals surface area contributed by atoms with Crippen molar-refractivity contribution in [2.45, 2.75) is 13.3 Å². The van der Waals surface area contributed by atoms with Crippen molar-refractivity contribution in [2.75, 3.05) is 0 Å². The molecule has 0 amide bonds. The first-order chi connectivity index (χ1) is 7.20. The number of hydrogen-bond donors (Lipinski definition) is 0. The first-order valence-electron chi connectivity index (χ1n) is 4.55. The van der Waals surface area contributed by atoms with Crippen LogP contribution in [0.5, 0.6) is 0 Å². The molecule has 0 heterocycles. The van der Waals surface area contributed by atoms with Crippen LogP contribution in [0.25, 0.3) is 5.53 Å². The van der Waals surface area contributed by atoms with Crippen LogP contribution >= 0.6 is 0 Å². The Bertz CT molecular complexity index is 431. The monoisotopic (exact) mass is 202 g/mol. The number of Topliss-reactive ketones (excluding diaryl/α,β-unsaturated/α-hetero) is 2. The number of carbonyl (C=O) groups excluding carboxylic acids is 2. The Morgan fingerprint density at radius 3 is 2.33 bits per heavy atom. The van der Waals surface area contributed by atoms with Crippen LogP contribution in [0.2, 0.25) is 0 Å². The SMILES string of the molecule is CCC(=O)C(=[N+]=[N-])C(=O)c1ccccc1. The van der Waals surface area contributed by atoms with E-state index >= 15 is 0 Å². The Morgan fingerprint density at radius 2 is 1.87 bits per heavy atom. The summed E-state index contributed by atoms with van der Waals surface area (Å²) in [7, 11) is 0. The van der Waals surface area contributed by atoms with E-state index < -0.39 is 17.3 Å². The van der Waals surface area contributed by atoms with Gasteiger partial charge in [-0.15, -0.1) is 0 Å². The van der Waals surface area contributed by atoms with Crippen LogP contribution in [0.1, 0.15) is 23.7 Å². The van der Waals surface area contributed by atoms with Crippen molar-refractivity contribution in [3.63, 3.8) is 0 Å². The van der Waals surface area contributed by atoms with Crippen LogP contribution in [-0.2, 0) is 4.79 Å². The lowest BCUT2D eigenvalue weighted by Crippen LogP contribution is -2.24. The van der Waals surface area contributed by atoms with Crippen LogP contribution in [-0.4, -0.2) is 22.1 Å². The molecule has 0 saturated carbocycles. The van der Waals surface area contributed by atoms with Crippen molar-refractivity contribution in [2.24, 2.45) is 0 Å². The molecule has 0 atom stereocenters. The minimum Gasteiger partial charge on any atom is -0.360 e. The van der Waals surface area contributed by atoms with Crippen LogP contribution in [0.4, 0.5) is 0 Å². The summed E-state index contributed by atoms with van der Waals surface area (Å²) in [6.07, 6.45) is 0.137. The molecular weight excluding hydrogens is 192 g/mol. The zero-order valence-electron chi connectivity index (χ0n) is 8.30. The molecule has 0 N–H and O–H groups in total. The topological polar surface area (TPSA) is 70.5 Å². The minimum atomic E-state index is -0.551. The Labute approximate surface area is 87.2 Å². The normalized spacial score (nSPS) is 9.13. The summed E-state index contributed by atoms with van der Waals surface area (Å²) >= 11 is 0. The second-order valence-corrected chi connectivity index (χ2v) is 2.92. The van der Waals surface area contributed by atoms with Crippen LogP contribution in [0.3, 0.4) is 0 Å². The Kier molecular flexibility index (Phi) is 3.66. The van der Waals surface area contributed by atoms with Crippen LogP contribution in [0, 0.1) is 0 Å². The Morgan fingerprint density at radius 1 is 1.27 bits per heavy atom. The third kappa shape index (κ3) is 2.45. The highest BCUT2D eigenvalue weighted by Crippen LogP contribution is 2.02. The van der Waals surface area contributed by atoms with E-state index in [0.717, 1.165) is 0 Å². The average molecular weight is 202 g/mol. The molecule has 0 spiro atoms. The fourth-order valence-electron chi connectivity index (χ4n) is 1.12. The van der Waals surface area contributed by atoms with Gasteiger partial charge in [0.1, 0.15) is 0 Å². The first-order valence-corrected chi connectivity index (χ1v) is 4.55. The zero-order chi connectivity index (χ0) is 11.3. The van der Waals surface area contributed by atoms with E-state index in [2.05, 4.69) is 4.79 Å². The third-order valence-corrected chi connectivity index (χ3v) is 1.94. The minimum absolute atomic E-state index is 0.137. The van der Waals surface area contributed by atoms with Gasteiger partial charge < -0.3 is 5.53 Å². The van der Waals surface area contributed by atoms with Crippen molar-refractivity contribution < 1.29 is 14.4 Å². The zero-order valence-corrected chi connectivity index (χ0v) is 8.30. The van der Waals surface area contributed by atoms with Crippen molar-refractivity contribution in [3.8, 4) is 0 Å². The molecule has 15 heavy (non-hydrogen) atoms. The fraction of sp³-hybridized carbons (Fsp3) is 0.182. The van der Waals surface area contributed by atoms with Crippen molar-refractivity contribution in [3.05, 3.63) is 41.4 Å². The van der Waals surface area contributed by atoms with Gasteiger partial charge in [0, 0.05) is 12.0 Å². The summed E-state index contributed by atoms with van der Waals surface area (Å²) in [6, 6.07) is 8.25. The average Bonchev–Trinajstić information content (AvgIpc) is 2.30. The summed E-state index contributed by atoms with van der Waals surface area (Å²) in [5.74, 6) is -1.02. The highest BCUT2D eigenvalue weighted by Gasteiger charge is 2.28. The molecule has 76 valence electrons. The largest absolute Gasteiger partial charge is 0.405 e. The molecule has 0 bridgehead atoms. The highest BCUT2D eigenvalue weighted by atomic mass is 16.1. The molecular formula is C11H10N2O2. The quantitative estimate of drug-likeness (QED) is 0.244. The maximum Gasteiger partial charge on any atom is 0.405 e. The lowest BCUT2D eigenvalue weighted by molar-refractivity contribution is -0.116. The molecule has 4 heteroatoms. The molecule has 4 nitrogen and oxygen atoms in total. The molecule has 1 aromatic rings. The predicted molar refractivity (Wildman–Crippen MR) is 54.7 cm³/mol. The number of carbonyl (C=O) groups is 2. The molecule has 0 aromatic heterocycles.